The number of benzene rings is 1. The lowest BCUT2D eigenvalue weighted by atomic mass is 9.81. The monoisotopic (exact) mass is 367 g/mol. The van der Waals surface area contributed by atoms with Gasteiger partial charge < -0.3 is 5.32 Å². The van der Waals surface area contributed by atoms with E-state index in [1.54, 1.807) is 6.07 Å². The molecular weight excluding hydrogens is 341 g/mol. The van der Waals surface area contributed by atoms with Crippen LogP contribution < -0.4 is 5.32 Å². The van der Waals surface area contributed by atoms with Gasteiger partial charge in [0.25, 0.3) is 0 Å². The fourth-order valence-corrected chi connectivity index (χ4v) is 4.64. The molecule has 2 aromatic rings. The zero-order chi connectivity index (χ0) is 18.9. The number of aryl methyl sites for hydroxylation is 1. The molecule has 1 aromatic carbocycles. The largest absolute Gasteiger partial charge is 0.349 e. The predicted molar refractivity (Wildman–Crippen MR) is 103 cm³/mol. The number of carbonyl (C=O) groups is 1. The lowest BCUT2D eigenvalue weighted by Gasteiger charge is -2.34. The molecule has 0 bridgehead atoms. The summed E-state index contributed by atoms with van der Waals surface area (Å²) in [6, 6.07) is 13.0. The number of aromatic nitrogens is 1. The zero-order valence-corrected chi connectivity index (χ0v) is 15.7. The van der Waals surface area contributed by atoms with E-state index in [-0.39, 0.29) is 23.2 Å². The molecule has 1 N–H and O–H groups in total. The molecule has 2 atom stereocenters. The fourth-order valence-electron chi connectivity index (χ4n) is 4.64. The maximum atomic E-state index is 14.2. The van der Waals surface area contributed by atoms with Gasteiger partial charge in [0.1, 0.15) is 5.82 Å². The Labute approximate surface area is 159 Å². The smallest absolute Gasteiger partial charge is 0.220 e. The van der Waals surface area contributed by atoms with Crippen LogP contribution in [-0.4, -0.2) is 34.4 Å². The standard InChI is InChI=1S/C22H26FN3O/c1-16-7-6-10-20(24-16)18-14-26(13-17-8-2-3-9-19(17)23)15-22(18)12-5-4-11-21(27)25-22/h2-3,6-10,18H,4-5,11-15H2,1H3,(H,25,27)/t18-,22+/m0/s1. The molecule has 1 amide bonds. The highest BCUT2D eigenvalue weighted by molar-refractivity contribution is 5.77. The van der Waals surface area contributed by atoms with Crippen molar-refractivity contribution in [3.8, 4) is 0 Å². The zero-order valence-electron chi connectivity index (χ0n) is 15.7. The molecule has 3 heterocycles. The second-order valence-electron chi connectivity index (χ2n) is 7.93. The molecule has 0 radical (unpaired) electrons. The molecule has 1 aromatic heterocycles. The topological polar surface area (TPSA) is 45.2 Å². The summed E-state index contributed by atoms with van der Waals surface area (Å²) in [7, 11) is 0. The highest BCUT2D eigenvalue weighted by Crippen LogP contribution is 2.41. The van der Waals surface area contributed by atoms with Gasteiger partial charge >= 0.3 is 0 Å². The summed E-state index contributed by atoms with van der Waals surface area (Å²) in [6.45, 7) is 4.04. The Morgan fingerprint density at radius 3 is 2.89 bits per heavy atom. The Morgan fingerprint density at radius 1 is 1.22 bits per heavy atom. The first-order valence-electron chi connectivity index (χ1n) is 9.76. The van der Waals surface area contributed by atoms with Crippen molar-refractivity contribution in [1.29, 1.82) is 0 Å². The molecule has 0 aliphatic carbocycles. The van der Waals surface area contributed by atoms with Crippen molar-refractivity contribution in [3.63, 3.8) is 0 Å². The molecular formula is C22H26FN3O. The minimum Gasteiger partial charge on any atom is -0.349 e. The number of hydrogen-bond acceptors (Lipinski definition) is 3. The molecule has 1 spiro atoms. The number of halogens is 1. The minimum absolute atomic E-state index is 0.117. The molecule has 27 heavy (non-hydrogen) atoms. The SMILES string of the molecule is Cc1cccc([C@@H]2CN(Cc3ccccc3F)C[C@]23CCCCC(=O)N3)n1. The van der Waals surface area contributed by atoms with E-state index in [0.29, 0.717) is 18.5 Å². The molecule has 2 fully saturated rings. The quantitative estimate of drug-likeness (QED) is 0.902. The lowest BCUT2D eigenvalue weighted by molar-refractivity contribution is -0.122. The van der Waals surface area contributed by atoms with Crippen molar-refractivity contribution in [2.75, 3.05) is 13.1 Å². The van der Waals surface area contributed by atoms with E-state index >= 15 is 0 Å². The molecule has 2 aliphatic heterocycles. The fraction of sp³-hybridized carbons (Fsp3) is 0.455. The van der Waals surface area contributed by atoms with Gasteiger partial charge in [0.15, 0.2) is 0 Å². The third kappa shape index (κ3) is 3.74. The molecule has 0 saturated carbocycles. The highest BCUT2D eigenvalue weighted by Gasteiger charge is 2.49. The first-order valence-corrected chi connectivity index (χ1v) is 9.76. The van der Waals surface area contributed by atoms with Crippen LogP contribution in [0.2, 0.25) is 0 Å². The van der Waals surface area contributed by atoms with E-state index in [2.05, 4.69) is 16.3 Å². The van der Waals surface area contributed by atoms with E-state index in [1.165, 1.54) is 6.07 Å². The number of carbonyl (C=O) groups excluding carboxylic acids is 1. The first kappa shape index (κ1) is 18.1. The van der Waals surface area contributed by atoms with Crippen molar-refractivity contribution in [2.45, 2.75) is 50.6 Å². The Balaban J connectivity index is 1.66. The van der Waals surface area contributed by atoms with Gasteiger partial charge in [-0.1, -0.05) is 30.7 Å². The summed E-state index contributed by atoms with van der Waals surface area (Å²) in [5.74, 6) is 0.0673. The van der Waals surface area contributed by atoms with Gasteiger partial charge in [-0.2, -0.15) is 0 Å². The molecule has 4 nitrogen and oxygen atoms in total. The van der Waals surface area contributed by atoms with Crippen LogP contribution in [0, 0.1) is 12.7 Å². The van der Waals surface area contributed by atoms with Crippen molar-refractivity contribution >= 4 is 5.91 Å². The van der Waals surface area contributed by atoms with Crippen LogP contribution >= 0.6 is 0 Å². The van der Waals surface area contributed by atoms with Gasteiger partial charge in [-0.25, -0.2) is 4.39 Å². The van der Waals surface area contributed by atoms with Gasteiger partial charge in [0.2, 0.25) is 5.91 Å². The maximum absolute atomic E-state index is 14.2. The third-order valence-corrected chi connectivity index (χ3v) is 5.90. The van der Waals surface area contributed by atoms with Gasteiger partial charge in [0, 0.05) is 48.9 Å². The van der Waals surface area contributed by atoms with Crippen LogP contribution in [-0.2, 0) is 11.3 Å². The summed E-state index contributed by atoms with van der Waals surface area (Å²) >= 11 is 0. The Hall–Kier alpha value is -2.27. The van der Waals surface area contributed by atoms with Crippen LogP contribution in [0.15, 0.2) is 42.5 Å². The number of rotatable bonds is 3. The predicted octanol–water partition coefficient (Wildman–Crippen LogP) is 3.56. The summed E-state index contributed by atoms with van der Waals surface area (Å²) in [4.78, 5) is 19.4. The summed E-state index contributed by atoms with van der Waals surface area (Å²) in [5, 5.41) is 3.34. The number of nitrogens with one attached hydrogen (secondary N) is 1. The molecule has 142 valence electrons. The second kappa shape index (κ2) is 7.39. The number of nitrogens with zero attached hydrogens (tertiary/aromatic N) is 2. The third-order valence-electron chi connectivity index (χ3n) is 5.90. The van der Waals surface area contributed by atoms with Crippen molar-refractivity contribution in [3.05, 3.63) is 65.2 Å². The molecule has 5 heteroatoms. The number of amides is 1. The number of pyridine rings is 1. The highest BCUT2D eigenvalue weighted by atomic mass is 19.1. The van der Waals surface area contributed by atoms with Gasteiger partial charge in [-0.3, -0.25) is 14.7 Å². The van der Waals surface area contributed by atoms with E-state index in [0.717, 1.165) is 43.7 Å². The van der Waals surface area contributed by atoms with E-state index in [9.17, 15) is 9.18 Å². The van der Waals surface area contributed by atoms with Gasteiger partial charge in [-0.15, -0.1) is 0 Å². The van der Waals surface area contributed by atoms with E-state index in [1.807, 2.05) is 31.2 Å². The summed E-state index contributed by atoms with van der Waals surface area (Å²) in [6.07, 6.45) is 3.47. The van der Waals surface area contributed by atoms with Crippen molar-refractivity contribution < 1.29 is 9.18 Å². The van der Waals surface area contributed by atoms with E-state index in [4.69, 9.17) is 4.98 Å². The average molecular weight is 367 g/mol. The van der Waals surface area contributed by atoms with E-state index < -0.39 is 0 Å². The van der Waals surface area contributed by atoms with Crippen LogP contribution in [0.3, 0.4) is 0 Å². The van der Waals surface area contributed by atoms with Crippen LogP contribution in [0.25, 0.3) is 0 Å². The summed E-state index contributed by atoms with van der Waals surface area (Å²) < 4.78 is 14.2. The maximum Gasteiger partial charge on any atom is 0.220 e. The van der Waals surface area contributed by atoms with Crippen LogP contribution in [0.5, 0.6) is 0 Å². The number of likely N-dealkylation sites (tertiary alicyclic amines) is 1. The summed E-state index contributed by atoms with van der Waals surface area (Å²) in [5.41, 5.74) is 2.38. The molecule has 0 unspecified atom stereocenters. The molecule has 2 aliphatic rings. The molecule has 2 saturated heterocycles. The van der Waals surface area contributed by atoms with Crippen LogP contribution in [0.4, 0.5) is 4.39 Å². The Kier molecular flexibility index (Phi) is 4.96. The number of hydrogen-bond donors (Lipinski definition) is 1. The van der Waals surface area contributed by atoms with Crippen molar-refractivity contribution in [2.24, 2.45) is 0 Å². The lowest BCUT2D eigenvalue weighted by Crippen LogP contribution is -2.52. The van der Waals surface area contributed by atoms with Crippen molar-refractivity contribution in [1.82, 2.24) is 15.2 Å². The normalized spacial score (nSPS) is 26.1. The first-order chi connectivity index (χ1) is 13.1. The minimum atomic E-state index is -0.320. The molecule has 4 rings (SSSR count). The second-order valence-corrected chi connectivity index (χ2v) is 7.93. The average Bonchev–Trinajstić information content (AvgIpc) is 2.87. The Bertz CT molecular complexity index is 840. The van der Waals surface area contributed by atoms with Crippen LogP contribution in [0.1, 0.15) is 48.6 Å². The Morgan fingerprint density at radius 2 is 2.07 bits per heavy atom. The van der Waals surface area contributed by atoms with Gasteiger partial charge in [0.05, 0.1) is 5.54 Å². The van der Waals surface area contributed by atoms with Gasteiger partial charge in [-0.05, 0) is 38.0 Å².